The van der Waals surface area contributed by atoms with Gasteiger partial charge in [0.25, 0.3) is 5.91 Å². The molecule has 1 N–H and O–H groups in total. The predicted octanol–water partition coefficient (Wildman–Crippen LogP) is 3.97. The maximum absolute atomic E-state index is 13.1. The lowest BCUT2D eigenvalue weighted by atomic mass is 9.54. The van der Waals surface area contributed by atoms with Crippen LogP contribution in [0.1, 0.15) is 49.7 Å². The summed E-state index contributed by atoms with van der Waals surface area (Å²) < 4.78 is 5.34. The first kappa shape index (κ1) is 15.5. The van der Waals surface area contributed by atoms with Gasteiger partial charge in [-0.3, -0.25) is 4.79 Å². The molecule has 0 saturated heterocycles. The summed E-state index contributed by atoms with van der Waals surface area (Å²) in [7, 11) is 1.69. The van der Waals surface area contributed by atoms with E-state index >= 15 is 0 Å². The number of benzene rings is 1. The van der Waals surface area contributed by atoms with E-state index < -0.39 is 0 Å². The molecule has 4 saturated carbocycles. The van der Waals surface area contributed by atoms with Gasteiger partial charge in [0.2, 0.25) is 0 Å². The number of fused-ring (bicyclic) bond motifs is 1. The highest BCUT2D eigenvalue weighted by Crippen LogP contribution is 2.53. The van der Waals surface area contributed by atoms with Gasteiger partial charge in [-0.05, 0) is 91.9 Å². The van der Waals surface area contributed by atoms with Gasteiger partial charge >= 0.3 is 0 Å². The summed E-state index contributed by atoms with van der Waals surface area (Å²) in [6, 6.07) is 6.51. The minimum absolute atomic E-state index is 0.142. The molecule has 0 atom stereocenters. The Hall–Kier alpha value is -1.77. The fraction of sp³-hybridized carbons (Fsp3) is 0.591. The van der Waals surface area contributed by atoms with Crippen molar-refractivity contribution in [1.82, 2.24) is 5.32 Å². The third-order valence-electron chi connectivity index (χ3n) is 7.13. The van der Waals surface area contributed by atoms with Crippen LogP contribution in [0.4, 0.5) is 0 Å². The molecule has 132 valence electrons. The van der Waals surface area contributed by atoms with Gasteiger partial charge in [-0.2, -0.15) is 0 Å². The third-order valence-corrected chi connectivity index (χ3v) is 7.13. The van der Waals surface area contributed by atoms with Crippen LogP contribution in [-0.2, 0) is 11.2 Å². The van der Waals surface area contributed by atoms with Crippen LogP contribution in [0.25, 0.3) is 5.57 Å². The maximum atomic E-state index is 13.1. The van der Waals surface area contributed by atoms with E-state index in [4.69, 9.17) is 4.74 Å². The van der Waals surface area contributed by atoms with Crippen molar-refractivity contribution in [1.29, 1.82) is 0 Å². The minimum atomic E-state index is 0.142. The number of ether oxygens (including phenoxy) is 1. The normalized spacial score (nSPS) is 35.1. The molecule has 6 rings (SSSR count). The number of aryl methyl sites for hydroxylation is 1. The molecule has 0 radical (unpaired) electrons. The van der Waals surface area contributed by atoms with E-state index in [0.29, 0.717) is 6.04 Å². The van der Waals surface area contributed by atoms with E-state index in [1.807, 2.05) is 6.07 Å². The number of hydrogen-bond donors (Lipinski definition) is 1. The Balaban J connectivity index is 1.36. The molecule has 3 nitrogen and oxygen atoms in total. The van der Waals surface area contributed by atoms with E-state index in [1.165, 1.54) is 37.7 Å². The van der Waals surface area contributed by atoms with Crippen molar-refractivity contribution >= 4 is 11.5 Å². The standard InChI is InChI=1S/C22H27NO2/c1-25-18-5-6-19-15(12-18)3-2-4-20(19)22(24)23-21-16-8-13-7-14(10-16)11-17(21)9-13/h4-6,12-14,16-17,21H,2-3,7-11H2,1H3,(H,23,24). The van der Waals surface area contributed by atoms with Crippen LogP contribution in [0, 0.1) is 23.7 Å². The number of carbonyl (C=O) groups is 1. The number of allylic oxidation sites excluding steroid dienone is 1. The van der Waals surface area contributed by atoms with Crippen molar-refractivity contribution in [3.63, 3.8) is 0 Å². The topological polar surface area (TPSA) is 38.3 Å². The van der Waals surface area contributed by atoms with Gasteiger partial charge in [0.1, 0.15) is 5.75 Å². The predicted molar refractivity (Wildman–Crippen MR) is 98.3 cm³/mol. The number of rotatable bonds is 3. The fourth-order valence-corrected chi connectivity index (χ4v) is 6.25. The zero-order valence-corrected chi connectivity index (χ0v) is 15.0. The molecular weight excluding hydrogens is 310 g/mol. The monoisotopic (exact) mass is 337 g/mol. The molecule has 0 unspecified atom stereocenters. The molecule has 1 aromatic rings. The van der Waals surface area contributed by atoms with E-state index in [-0.39, 0.29) is 5.91 Å². The number of methoxy groups -OCH3 is 1. The Morgan fingerprint density at radius 2 is 1.80 bits per heavy atom. The molecule has 3 heteroatoms. The van der Waals surface area contributed by atoms with E-state index in [1.54, 1.807) is 7.11 Å². The molecule has 25 heavy (non-hydrogen) atoms. The van der Waals surface area contributed by atoms with Crippen molar-refractivity contribution in [2.45, 2.75) is 51.0 Å². The van der Waals surface area contributed by atoms with Crippen molar-refractivity contribution in [2.24, 2.45) is 23.7 Å². The number of amides is 1. The second-order valence-corrected chi connectivity index (χ2v) is 8.61. The van der Waals surface area contributed by atoms with E-state index in [9.17, 15) is 4.79 Å². The van der Waals surface area contributed by atoms with Gasteiger partial charge in [-0.15, -0.1) is 0 Å². The van der Waals surface area contributed by atoms with E-state index in [2.05, 4.69) is 23.5 Å². The SMILES string of the molecule is COc1ccc2c(c1)CCC=C2C(=O)NC1C2CC3CC(C2)CC1C3. The Morgan fingerprint density at radius 1 is 1.08 bits per heavy atom. The molecule has 5 aliphatic carbocycles. The second-order valence-electron chi connectivity index (χ2n) is 8.61. The lowest BCUT2D eigenvalue weighted by molar-refractivity contribution is -0.119. The molecule has 0 heterocycles. The van der Waals surface area contributed by atoms with Crippen molar-refractivity contribution < 1.29 is 9.53 Å². The van der Waals surface area contributed by atoms with Crippen molar-refractivity contribution in [3.8, 4) is 5.75 Å². The largest absolute Gasteiger partial charge is 0.497 e. The average Bonchev–Trinajstić information content (AvgIpc) is 2.63. The van der Waals surface area contributed by atoms with Gasteiger partial charge in [0, 0.05) is 11.6 Å². The second kappa shape index (κ2) is 5.89. The molecular formula is C22H27NO2. The zero-order chi connectivity index (χ0) is 17.0. The molecule has 1 amide bonds. The molecule has 0 spiro atoms. The Bertz CT molecular complexity index is 708. The highest BCUT2D eigenvalue weighted by atomic mass is 16.5. The third kappa shape index (κ3) is 2.59. The first-order valence-corrected chi connectivity index (χ1v) is 9.89. The first-order valence-electron chi connectivity index (χ1n) is 9.89. The van der Waals surface area contributed by atoms with Crippen LogP contribution >= 0.6 is 0 Å². The highest BCUT2D eigenvalue weighted by molar-refractivity contribution is 6.20. The summed E-state index contributed by atoms with van der Waals surface area (Å²) in [6.45, 7) is 0. The average molecular weight is 337 g/mol. The molecule has 0 aromatic heterocycles. The summed E-state index contributed by atoms with van der Waals surface area (Å²) in [5, 5.41) is 3.46. The molecule has 5 aliphatic rings. The summed E-state index contributed by atoms with van der Waals surface area (Å²) >= 11 is 0. The van der Waals surface area contributed by atoms with Crippen LogP contribution in [0.3, 0.4) is 0 Å². The fourth-order valence-electron chi connectivity index (χ4n) is 6.25. The maximum Gasteiger partial charge on any atom is 0.251 e. The molecule has 4 bridgehead atoms. The zero-order valence-electron chi connectivity index (χ0n) is 15.0. The summed E-state index contributed by atoms with van der Waals surface area (Å²) in [6.07, 6.45) is 10.9. The van der Waals surface area contributed by atoms with Gasteiger partial charge < -0.3 is 10.1 Å². The van der Waals surface area contributed by atoms with Crippen molar-refractivity contribution in [2.75, 3.05) is 7.11 Å². The Kier molecular flexibility index (Phi) is 3.65. The van der Waals surface area contributed by atoms with Crippen LogP contribution in [0.2, 0.25) is 0 Å². The van der Waals surface area contributed by atoms with Gasteiger partial charge in [-0.25, -0.2) is 0 Å². The Morgan fingerprint density at radius 3 is 2.48 bits per heavy atom. The lowest BCUT2D eigenvalue weighted by Gasteiger charge is -2.54. The summed E-state index contributed by atoms with van der Waals surface area (Å²) in [5.74, 6) is 4.35. The van der Waals surface area contributed by atoms with Gasteiger partial charge in [0.05, 0.1) is 7.11 Å². The summed E-state index contributed by atoms with van der Waals surface area (Å²) in [5.41, 5.74) is 3.20. The number of carbonyl (C=O) groups excluding carboxylic acids is 1. The molecule has 4 fully saturated rings. The van der Waals surface area contributed by atoms with E-state index in [0.717, 1.165) is 53.4 Å². The van der Waals surface area contributed by atoms with Crippen LogP contribution in [0.5, 0.6) is 5.75 Å². The molecule has 1 aromatic carbocycles. The Labute approximate surface area is 149 Å². The lowest BCUT2D eigenvalue weighted by Crippen LogP contribution is -2.56. The van der Waals surface area contributed by atoms with Gasteiger partial charge in [-0.1, -0.05) is 12.1 Å². The first-order chi connectivity index (χ1) is 12.2. The van der Waals surface area contributed by atoms with Crippen molar-refractivity contribution in [3.05, 3.63) is 35.4 Å². The number of nitrogens with one attached hydrogen (secondary N) is 1. The van der Waals surface area contributed by atoms with Crippen LogP contribution in [0.15, 0.2) is 24.3 Å². The summed E-state index contributed by atoms with van der Waals surface area (Å²) in [4.78, 5) is 13.1. The highest BCUT2D eigenvalue weighted by Gasteiger charge is 2.48. The quantitative estimate of drug-likeness (QED) is 0.906. The molecule has 0 aliphatic heterocycles. The minimum Gasteiger partial charge on any atom is -0.497 e. The van der Waals surface area contributed by atoms with Crippen LogP contribution in [-0.4, -0.2) is 19.1 Å². The smallest absolute Gasteiger partial charge is 0.251 e. The number of hydrogen-bond acceptors (Lipinski definition) is 2. The van der Waals surface area contributed by atoms with Crippen LogP contribution < -0.4 is 10.1 Å². The van der Waals surface area contributed by atoms with Gasteiger partial charge in [0.15, 0.2) is 0 Å².